The molecule has 4 saturated heterocycles. The van der Waals surface area contributed by atoms with Gasteiger partial charge in [-0.1, -0.05) is 111 Å². The highest BCUT2D eigenvalue weighted by Gasteiger charge is 2.60. The van der Waals surface area contributed by atoms with Gasteiger partial charge in [-0.3, -0.25) is 4.18 Å². The second-order valence-electron chi connectivity index (χ2n) is 14.3. The first kappa shape index (κ1) is 54.0. The monoisotopic (exact) mass is 1030 g/mol. The molecule has 0 aromatic heterocycles. The van der Waals surface area contributed by atoms with E-state index in [1.807, 2.05) is 0 Å². The van der Waals surface area contributed by atoms with E-state index in [0.717, 1.165) is 128 Å². The predicted octanol–water partition coefficient (Wildman–Crippen LogP) is 9.09. The molecule has 4 heterocycles. The van der Waals surface area contributed by atoms with Crippen molar-refractivity contribution in [2.24, 2.45) is 5.41 Å². The maximum Gasteiger partial charge on any atom is 0.329 e. The zero-order valence-corrected chi connectivity index (χ0v) is 42.7. The maximum absolute atomic E-state index is 12.2. The summed E-state index contributed by atoms with van der Waals surface area (Å²) in [6.45, 7) is 5.32. The molecule has 0 bridgehead atoms. The summed E-state index contributed by atoms with van der Waals surface area (Å²) >= 11 is 25.0. The van der Waals surface area contributed by atoms with Crippen LogP contribution in [0.1, 0.15) is 103 Å². The summed E-state index contributed by atoms with van der Waals surface area (Å²) in [5.41, 5.74) is -2.84. The van der Waals surface area contributed by atoms with E-state index in [4.69, 9.17) is 68.1 Å². The van der Waals surface area contributed by atoms with Crippen molar-refractivity contribution in [2.45, 2.75) is 112 Å². The Balaban J connectivity index is 0.00000169. The molecule has 4 aliphatic heterocycles. The normalized spacial score (nSPS) is 19.4. The Morgan fingerprint density at radius 3 is 1.12 bits per heavy atom. The fraction of sp³-hybridized carbons (Fsp3) is 0.857. The lowest BCUT2D eigenvalue weighted by molar-refractivity contribution is -0.140. The first-order valence-corrected chi connectivity index (χ1v) is 30.2. The standard InChI is InChI=1S/C33H56N4O4S12.C2H4O3/c38-25-32(26-39,27(40)46-47-28(42)34-17-9-1-2-10-18-34)33(51-48-29(43)35-19-11-3-4-12-20-35,52-49-30(44)36-21-13-5-6-14-22-36)41-53-50-31(45)37-23-15-7-8-16-24-37;3-1-2(4)5/h27,38-40H,1-26H2;3H,1H2,(H,4,5). The average molecular weight is 1030 g/mol. The van der Waals surface area contributed by atoms with Crippen LogP contribution in [0.3, 0.4) is 0 Å². The van der Waals surface area contributed by atoms with E-state index >= 15 is 0 Å². The van der Waals surface area contributed by atoms with E-state index < -0.39 is 40.9 Å². The molecule has 58 heavy (non-hydrogen) atoms. The summed E-state index contributed by atoms with van der Waals surface area (Å²) in [6.07, 6.45) is 18.3. The molecular formula is C35H60N4O7S12. The Labute approximate surface area is 399 Å². The minimum atomic E-state index is -1.57. The SMILES string of the molecule is O=C(O)CO.OCC(CO)(C(O)SSC(=S)N1CCCCCC1)C(OSSC(=S)N1CCCCCC1)(SSC(=S)N1CCCCCC1)SSC(=S)N1CCCCCC1. The van der Waals surface area contributed by atoms with Crippen LogP contribution >= 0.6 is 136 Å². The highest BCUT2D eigenvalue weighted by atomic mass is 33.1. The second kappa shape index (κ2) is 30.7. The molecule has 334 valence electrons. The first-order valence-electron chi connectivity index (χ1n) is 20.0. The number of aliphatic hydroxyl groups excluding tert-OH is 4. The molecule has 0 amide bonds. The van der Waals surface area contributed by atoms with Gasteiger partial charge in [-0.15, -0.1) is 0 Å². The van der Waals surface area contributed by atoms with Crippen LogP contribution < -0.4 is 0 Å². The molecule has 4 rings (SSSR count). The zero-order chi connectivity index (χ0) is 42.2. The van der Waals surface area contributed by atoms with Gasteiger partial charge >= 0.3 is 5.97 Å². The third-order valence-electron chi connectivity index (χ3n) is 10.1. The topological polar surface area (TPSA) is 140 Å². The number of rotatable bonds is 14. The molecule has 4 fully saturated rings. The Morgan fingerprint density at radius 2 is 0.828 bits per heavy atom. The maximum atomic E-state index is 12.2. The van der Waals surface area contributed by atoms with Crippen LogP contribution in [0, 0.1) is 5.41 Å². The highest BCUT2D eigenvalue weighted by molar-refractivity contribution is 8.92. The summed E-state index contributed by atoms with van der Waals surface area (Å²) in [6, 6.07) is 0. The summed E-state index contributed by atoms with van der Waals surface area (Å²) in [5.74, 6) is -1.19. The number of nitrogens with zero attached hydrogens (tertiary/aromatic N) is 4. The Bertz CT molecular complexity index is 1210. The lowest BCUT2D eigenvalue weighted by Crippen LogP contribution is -2.55. The number of carboxylic acids is 1. The van der Waals surface area contributed by atoms with Crippen LogP contribution in [0.2, 0.25) is 0 Å². The Kier molecular flexibility index (Phi) is 28.6. The number of hydrogen-bond donors (Lipinski definition) is 5. The molecule has 4 aliphatic rings. The fourth-order valence-corrected chi connectivity index (χ4v) is 19.9. The molecule has 0 spiro atoms. The van der Waals surface area contributed by atoms with Crippen molar-refractivity contribution in [3.63, 3.8) is 0 Å². The summed E-state index contributed by atoms with van der Waals surface area (Å²) in [4.78, 5) is 18.1. The predicted molar refractivity (Wildman–Crippen MR) is 272 cm³/mol. The van der Waals surface area contributed by atoms with Crippen molar-refractivity contribution >= 4 is 159 Å². The van der Waals surface area contributed by atoms with Gasteiger partial charge in [0.15, 0.2) is 0 Å². The van der Waals surface area contributed by atoms with Crippen molar-refractivity contribution in [1.29, 1.82) is 0 Å². The van der Waals surface area contributed by atoms with Gasteiger partial charge in [0.1, 0.15) is 34.7 Å². The first-order chi connectivity index (χ1) is 28.0. The Morgan fingerprint density at radius 1 is 0.534 bits per heavy atom. The Hall–Kier alpha value is 1.63. The van der Waals surface area contributed by atoms with Crippen molar-refractivity contribution in [1.82, 2.24) is 19.6 Å². The van der Waals surface area contributed by atoms with Crippen LogP contribution in [0.4, 0.5) is 0 Å². The second-order valence-corrected chi connectivity index (χ2v) is 25.8. The lowest BCUT2D eigenvalue weighted by atomic mass is 9.91. The minimum absolute atomic E-state index is 0.551. The van der Waals surface area contributed by atoms with Crippen LogP contribution in [0.25, 0.3) is 0 Å². The van der Waals surface area contributed by atoms with Gasteiger partial charge in [-0.05, 0) is 105 Å². The number of hydrogen-bond acceptors (Lipinski definition) is 18. The van der Waals surface area contributed by atoms with E-state index in [9.17, 15) is 15.3 Å². The third-order valence-corrected chi connectivity index (χ3v) is 24.1. The van der Waals surface area contributed by atoms with Crippen LogP contribution in [0.5, 0.6) is 0 Å². The molecule has 0 aliphatic carbocycles. The van der Waals surface area contributed by atoms with Crippen molar-refractivity contribution in [3.8, 4) is 0 Å². The molecule has 0 radical (unpaired) electrons. The van der Waals surface area contributed by atoms with Crippen LogP contribution in [0.15, 0.2) is 0 Å². The van der Waals surface area contributed by atoms with Gasteiger partial charge in [-0.25, -0.2) is 4.79 Å². The van der Waals surface area contributed by atoms with E-state index in [2.05, 4.69) is 19.6 Å². The quantitative estimate of drug-likeness (QED) is 0.0489. The van der Waals surface area contributed by atoms with Gasteiger partial charge in [0.2, 0.25) is 4.27 Å². The van der Waals surface area contributed by atoms with Crippen molar-refractivity contribution in [3.05, 3.63) is 0 Å². The number of aliphatic hydroxyl groups is 4. The minimum Gasteiger partial charge on any atom is -0.480 e. The fourth-order valence-electron chi connectivity index (χ4n) is 6.52. The van der Waals surface area contributed by atoms with E-state index in [0.29, 0.717) is 4.32 Å². The molecule has 1 atom stereocenters. The lowest BCUT2D eigenvalue weighted by Gasteiger charge is -2.47. The van der Waals surface area contributed by atoms with Crippen molar-refractivity contribution < 1.29 is 34.5 Å². The van der Waals surface area contributed by atoms with Crippen LogP contribution in [-0.4, -0.2) is 150 Å². The summed E-state index contributed by atoms with van der Waals surface area (Å²) in [7, 11) is 9.40. The number of thiocarbonyl (C=S) groups is 4. The molecular weight excluding hydrogens is 973 g/mol. The summed E-state index contributed by atoms with van der Waals surface area (Å²) in [5, 5.41) is 50.1. The number of likely N-dealkylation sites (tertiary alicyclic amines) is 4. The third kappa shape index (κ3) is 18.3. The van der Waals surface area contributed by atoms with Gasteiger partial charge in [0, 0.05) is 63.2 Å². The summed E-state index contributed by atoms with van der Waals surface area (Å²) < 4.78 is 8.36. The number of aliphatic carboxylic acids is 1. The number of carboxylic acid groups (broad SMARTS) is 1. The molecule has 23 heteroatoms. The van der Waals surface area contributed by atoms with Crippen LogP contribution in [-0.2, 0) is 8.98 Å². The highest BCUT2D eigenvalue weighted by Crippen LogP contribution is 2.64. The largest absolute Gasteiger partial charge is 0.480 e. The smallest absolute Gasteiger partial charge is 0.329 e. The molecule has 1 unspecified atom stereocenters. The van der Waals surface area contributed by atoms with Gasteiger partial charge in [-0.2, -0.15) is 0 Å². The van der Waals surface area contributed by atoms with E-state index in [1.54, 1.807) is 0 Å². The molecule has 0 aromatic rings. The van der Waals surface area contributed by atoms with Gasteiger partial charge in [0.05, 0.1) is 24.3 Å². The van der Waals surface area contributed by atoms with E-state index in [-0.39, 0.29) is 0 Å². The molecule has 11 nitrogen and oxygen atoms in total. The van der Waals surface area contributed by atoms with Gasteiger partial charge in [0.25, 0.3) is 0 Å². The zero-order valence-electron chi connectivity index (χ0n) is 32.9. The van der Waals surface area contributed by atoms with Gasteiger partial charge < -0.3 is 45.1 Å². The molecule has 0 aromatic carbocycles. The van der Waals surface area contributed by atoms with E-state index in [1.165, 1.54) is 127 Å². The average Bonchev–Trinajstić information content (AvgIpc) is 3.88. The molecule has 5 N–H and O–H groups in total. The number of carbonyl (C=O) groups is 1. The molecule has 0 saturated carbocycles. The van der Waals surface area contributed by atoms with Crippen molar-refractivity contribution in [2.75, 3.05) is 72.2 Å².